The van der Waals surface area contributed by atoms with Crippen LogP contribution in [-0.2, 0) is 9.59 Å². The van der Waals surface area contributed by atoms with Crippen molar-refractivity contribution in [2.45, 2.75) is 52.0 Å². The van der Waals surface area contributed by atoms with Gasteiger partial charge in [0.2, 0.25) is 11.8 Å². The summed E-state index contributed by atoms with van der Waals surface area (Å²) < 4.78 is 0. The first-order valence-corrected chi connectivity index (χ1v) is 6.50. The van der Waals surface area contributed by atoms with E-state index in [2.05, 4.69) is 10.6 Å². The Bertz CT molecular complexity index is 358. The zero-order valence-corrected chi connectivity index (χ0v) is 11.1. The second kappa shape index (κ2) is 6.39. The first kappa shape index (κ1) is 14.5. The minimum Gasteiger partial charge on any atom is -0.355 e. The van der Waals surface area contributed by atoms with Gasteiger partial charge in [-0.3, -0.25) is 9.59 Å². The number of carbonyl (C=O) groups is 2. The smallest absolute Gasteiger partial charge is 0.240 e. The van der Waals surface area contributed by atoms with Crippen LogP contribution in [0.1, 0.15) is 46.0 Å². The van der Waals surface area contributed by atoms with E-state index in [9.17, 15) is 9.59 Å². The number of hydrogen-bond acceptors (Lipinski definition) is 3. The van der Waals surface area contributed by atoms with Gasteiger partial charge in [0.25, 0.3) is 0 Å². The molecule has 5 heteroatoms. The summed E-state index contributed by atoms with van der Waals surface area (Å²) in [5, 5.41) is 14.5. The van der Waals surface area contributed by atoms with E-state index in [1.165, 1.54) is 0 Å². The molecule has 1 atom stereocenters. The molecule has 0 heterocycles. The Balaban J connectivity index is 2.15. The predicted molar refractivity (Wildman–Crippen MR) is 67.4 cm³/mol. The lowest BCUT2D eigenvalue weighted by Crippen LogP contribution is -2.38. The average Bonchev–Trinajstić information content (AvgIpc) is 3.17. The summed E-state index contributed by atoms with van der Waals surface area (Å²) in [5.74, 6) is -0.208. The van der Waals surface area contributed by atoms with Crippen LogP contribution < -0.4 is 10.6 Å². The molecule has 0 aliphatic heterocycles. The normalized spacial score (nSPS) is 17.4. The van der Waals surface area contributed by atoms with Gasteiger partial charge in [-0.05, 0) is 32.6 Å². The minimum atomic E-state index is -0.962. The van der Waals surface area contributed by atoms with Crippen LogP contribution in [0.3, 0.4) is 0 Å². The molecule has 2 amide bonds. The Hall–Kier alpha value is -1.57. The van der Waals surface area contributed by atoms with Crippen molar-refractivity contribution in [2.24, 2.45) is 5.41 Å². The molecule has 0 bridgehead atoms. The number of nitrogens with one attached hydrogen (secondary N) is 2. The molecule has 5 nitrogen and oxygen atoms in total. The van der Waals surface area contributed by atoms with Gasteiger partial charge in [0.15, 0.2) is 0 Å². The zero-order chi connectivity index (χ0) is 13.6. The van der Waals surface area contributed by atoms with Gasteiger partial charge in [-0.2, -0.15) is 5.26 Å². The molecule has 0 saturated heterocycles. The number of hydrogen-bond donors (Lipinski definition) is 2. The molecule has 1 saturated carbocycles. The van der Waals surface area contributed by atoms with Crippen LogP contribution in [0.5, 0.6) is 0 Å². The molecule has 0 radical (unpaired) electrons. The van der Waals surface area contributed by atoms with Crippen molar-refractivity contribution in [1.29, 1.82) is 5.26 Å². The molecule has 0 spiro atoms. The van der Waals surface area contributed by atoms with Gasteiger partial charge in [-0.25, -0.2) is 0 Å². The molecule has 1 aliphatic rings. The van der Waals surface area contributed by atoms with Crippen LogP contribution in [0.15, 0.2) is 0 Å². The molecule has 0 aromatic heterocycles. The van der Waals surface area contributed by atoms with E-state index in [4.69, 9.17) is 5.26 Å². The van der Waals surface area contributed by atoms with Gasteiger partial charge in [0.1, 0.15) is 5.41 Å². The van der Waals surface area contributed by atoms with Crippen molar-refractivity contribution in [3.63, 3.8) is 0 Å². The van der Waals surface area contributed by atoms with Crippen LogP contribution >= 0.6 is 0 Å². The maximum Gasteiger partial charge on any atom is 0.240 e. The van der Waals surface area contributed by atoms with Gasteiger partial charge in [0.05, 0.1) is 6.07 Å². The van der Waals surface area contributed by atoms with Gasteiger partial charge >= 0.3 is 0 Å². The fraction of sp³-hybridized carbons (Fsp3) is 0.769. The van der Waals surface area contributed by atoms with Crippen LogP contribution in [-0.4, -0.2) is 24.4 Å². The number of carbonyl (C=O) groups excluding carboxylic acids is 2. The predicted octanol–water partition coefficient (Wildman–Crippen LogP) is 1.10. The fourth-order valence-corrected chi connectivity index (χ4v) is 1.46. The summed E-state index contributed by atoms with van der Waals surface area (Å²) in [4.78, 5) is 23.1. The summed E-state index contributed by atoms with van der Waals surface area (Å²) >= 11 is 0. The first-order chi connectivity index (χ1) is 8.51. The number of nitriles is 1. The van der Waals surface area contributed by atoms with E-state index in [-0.39, 0.29) is 11.8 Å². The highest BCUT2D eigenvalue weighted by atomic mass is 16.2. The molecule has 18 heavy (non-hydrogen) atoms. The Morgan fingerprint density at radius 3 is 2.61 bits per heavy atom. The van der Waals surface area contributed by atoms with Crippen LogP contribution in [0.4, 0.5) is 0 Å². The molecular formula is C13H21N3O2. The van der Waals surface area contributed by atoms with E-state index >= 15 is 0 Å². The van der Waals surface area contributed by atoms with E-state index in [1.807, 2.05) is 13.0 Å². The fourth-order valence-electron chi connectivity index (χ4n) is 1.46. The van der Waals surface area contributed by atoms with E-state index < -0.39 is 5.41 Å². The first-order valence-electron chi connectivity index (χ1n) is 6.50. The summed E-state index contributed by atoms with van der Waals surface area (Å²) in [7, 11) is 0. The van der Waals surface area contributed by atoms with E-state index in [1.54, 1.807) is 6.92 Å². The Labute approximate surface area is 108 Å². The van der Waals surface area contributed by atoms with Crippen LogP contribution in [0.25, 0.3) is 0 Å². The third kappa shape index (κ3) is 4.36. The van der Waals surface area contributed by atoms with Crippen molar-refractivity contribution >= 4 is 11.8 Å². The van der Waals surface area contributed by atoms with Gasteiger partial charge in [0, 0.05) is 19.0 Å². The molecule has 2 N–H and O–H groups in total. The third-order valence-electron chi connectivity index (χ3n) is 3.26. The van der Waals surface area contributed by atoms with Crippen LogP contribution in [0, 0.1) is 16.7 Å². The molecule has 1 aliphatic carbocycles. The lowest BCUT2D eigenvalue weighted by atomic mass is 9.88. The highest BCUT2D eigenvalue weighted by molar-refractivity contribution is 5.84. The van der Waals surface area contributed by atoms with Crippen molar-refractivity contribution < 1.29 is 9.59 Å². The molecule has 1 unspecified atom stereocenters. The molecule has 0 aromatic carbocycles. The van der Waals surface area contributed by atoms with Crippen molar-refractivity contribution in [3.8, 4) is 6.07 Å². The second-order valence-electron chi connectivity index (χ2n) is 5.00. The molecule has 1 rings (SSSR count). The summed E-state index contributed by atoms with van der Waals surface area (Å²) in [6, 6.07) is 2.40. The van der Waals surface area contributed by atoms with Crippen molar-refractivity contribution in [2.75, 3.05) is 6.54 Å². The monoisotopic (exact) mass is 251 g/mol. The Morgan fingerprint density at radius 2 is 2.11 bits per heavy atom. The average molecular weight is 251 g/mol. The second-order valence-corrected chi connectivity index (χ2v) is 5.00. The standard InChI is InChI=1S/C13H21N3O2/c1-3-13(2,9-14)12(18)15-8-4-5-11(17)16-10-6-7-10/h10H,3-8H2,1-2H3,(H,15,18)(H,16,17). The van der Waals surface area contributed by atoms with E-state index in [0.29, 0.717) is 31.8 Å². The maximum atomic E-state index is 11.7. The largest absolute Gasteiger partial charge is 0.355 e. The van der Waals surface area contributed by atoms with Crippen molar-refractivity contribution in [3.05, 3.63) is 0 Å². The maximum absolute atomic E-state index is 11.7. The summed E-state index contributed by atoms with van der Waals surface area (Å²) in [5.41, 5.74) is -0.962. The van der Waals surface area contributed by atoms with Crippen LogP contribution in [0.2, 0.25) is 0 Å². The Morgan fingerprint density at radius 1 is 1.44 bits per heavy atom. The lowest BCUT2D eigenvalue weighted by molar-refractivity contribution is -0.128. The minimum absolute atomic E-state index is 0.0466. The summed E-state index contributed by atoms with van der Waals surface area (Å²) in [6.45, 7) is 3.88. The SMILES string of the molecule is CCC(C)(C#N)C(=O)NCCCC(=O)NC1CC1. The lowest BCUT2D eigenvalue weighted by Gasteiger charge is -2.18. The molecule has 0 aromatic rings. The molecule has 100 valence electrons. The van der Waals surface area contributed by atoms with Crippen molar-refractivity contribution in [1.82, 2.24) is 10.6 Å². The number of rotatable bonds is 7. The quantitative estimate of drug-likeness (QED) is 0.665. The highest BCUT2D eigenvalue weighted by Gasteiger charge is 2.30. The summed E-state index contributed by atoms with van der Waals surface area (Å²) in [6.07, 6.45) is 3.68. The molecular weight excluding hydrogens is 230 g/mol. The Kier molecular flexibility index (Phi) is 5.14. The van der Waals surface area contributed by atoms with E-state index in [0.717, 1.165) is 12.8 Å². The topological polar surface area (TPSA) is 82.0 Å². The zero-order valence-electron chi connectivity index (χ0n) is 11.1. The number of nitrogens with zero attached hydrogens (tertiary/aromatic N) is 1. The van der Waals surface area contributed by atoms with Gasteiger partial charge in [-0.1, -0.05) is 6.92 Å². The molecule has 1 fully saturated rings. The van der Waals surface area contributed by atoms with Gasteiger partial charge < -0.3 is 10.6 Å². The highest BCUT2D eigenvalue weighted by Crippen LogP contribution is 2.20. The van der Waals surface area contributed by atoms with Gasteiger partial charge in [-0.15, -0.1) is 0 Å². The third-order valence-corrected chi connectivity index (χ3v) is 3.26. The number of amides is 2.